The maximum absolute atomic E-state index is 14.7. The number of carbonyl (C=O) groups is 3. The van der Waals surface area contributed by atoms with Crippen LogP contribution < -0.4 is 15.4 Å². The summed E-state index contributed by atoms with van der Waals surface area (Å²) in [5.74, 6) is -3.68. The third-order valence-corrected chi connectivity index (χ3v) is 7.45. The summed E-state index contributed by atoms with van der Waals surface area (Å²) in [4.78, 5) is 43.4. The highest BCUT2D eigenvalue weighted by Gasteiger charge is 2.45. The minimum atomic E-state index is -2.91. The number of benzene rings is 1. The molecule has 2 fully saturated rings. The van der Waals surface area contributed by atoms with Gasteiger partial charge in [0.25, 0.3) is 17.7 Å². The highest BCUT2D eigenvalue weighted by atomic mass is 19.3. The summed E-state index contributed by atoms with van der Waals surface area (Å²) in [6, 6.07) is 10.5. The van der Waals surface area contributed by atoms with Gasteiger partial charge < -0.3 is 25.0 Å². The van der Waals surface area contributed by atoms with Gasteiger partial charge in [-0.05, 0) is 69.4 Å². The Morgan fingerprint density at radius 1 is 1.14 bits per heavy atom. The van der Waals surface area contributed by atoms with Crippen molar-refractivity contribution in [2.24, 2.45) is 11.8 Å². The lowest BCUT2D eigenvalue weighted by molar-refractivity contribution is -0.109. The van der Waals surface area contributed by atoms with E-state index in [1.165, 1.54) is 18.0 Å². The van der Waals surface area contributed by atoms with Gasteiger partial charge in [-0.15, -0.1) is 0 Å². The van der Waals surface area contributed by atoms with E-state index in [0.29, 0.717) is 29.3 Å². The van der Waals surface area contributed by atoms with E-state index in [1.54, 1.807) is 45.0 Å². The van der Waals surface area contributed by atoms with Crippen molar-refractivity contribution < 1.29 is 32.6 Å². The molecule has 1 aromatic heterocycles. The average Bonchev–Trinajstić information content (AvgIpc) is 3.61. The SMILES string of the molecule is CNC(=O)c1cc(C(=O)N[C@H]2C[C@@H]2C)cc(Cc2cccc(OCCC3CN(C(=O)OC(C)(C)C)CCC3(F)F)c2)n1. The van der Waals surface area contributed by atoms with Gasteiger partial charge in [-0.1, -0.05) is 19.1 Å². The molecule has 42 heavy (non-hydrogen) atoms. The molecule has 4 rings (SSSR count). The number of halogens is 2. The van der Waals surface area contributed by atoms with Gasteiger partial charge in [0, 0.05) is 56.2 Å². The average molecular weight is 587 g/mol. The Bertz CT molecular complexity index is 1310. The molecular weight excluding hydrogens is 546 g/mol. The van der Waals surface area contributed by atoms with E-state index in [1.807, 2.05) is 6.07 Å². The van der Waals surface area contributed by atoms with E-state index in [0.717, 1.165) is 12.0 Å². The first-order chi connectivity index (χ1) is 19.7. The number of hydrogen-bond acceptors (Lipinski definition) is 6. The van der Waals surface area contributed by atoms with Gasteiger partial charge in [-0.25, -0.2) is 18.6 Å². The molecule has 2 N–H and O–H groups in total. The second-order valence-corrected chi connectivity index (χ2v) is 12.2. The lowest BCUT2D eigenvalue weighted by Gasteiger charge is -2.38. The molecule has 1 saturated carbocycles. The Kier molecular flexibility index (Phi) is 9.37. The van der Waals surface area contributed by atoms with Crippen LogP contribution in [-0.2, 0) is 11.2 Å². The fraction of sp³-hybridized carbons (Fsp3) is 0.548. The van der Waals surface area contributed by atoms with E-state index >= 15 is 0 Å². The Morgan fingerprint density at radius 2 is 1.88 bits per heavy atom. The molecule has 1 saturated heterocycles. The van der Waals surface area contributed by atoms with Crippen LogP contribution in [0.5, 0.6) is 5.75 Å². The van der Waals surface area contributed by atoms with Gasteiger partial charge in [0.2, 0.25) is 0 Å². The van der Waals surface area contributed by atoms with Gasteiger partial charge in [0.05, 0.1) is 6.61 Å². The standard InChI is InChI=1S/C31H40F2N4O5/c1-19-13-25(19)36-27(38)21-16-23(35-26(17-21)28(39)34-5)14-20-7-6-8-24(15-20)41-12-9-22-18-37(11-10-31(22,32)33)29(40)42-30(2,3)4/h6-8,15-17,19,22,25H,9-14,18H2,1-5H3,(H,34,39)(H,36,38)/t19-,22?,25-/m0/s1. The van der Waals surface area contributed by atoms with Crippen molar-refractivity contribution >= 4 is 17.9 Å². The molecule has 2 heterocycles. The third kappa shape index (κ3) is 8.39. The van der Waals surface area contributed by atoms with Crippen molar-refractivity contribution in [3.8, 4) is 5.75 Å². The Morgan fingerprint density at radius 3 is 2.55 bits per heavy atom. The van der Waals surface area contributed by atoms with Gasteiger partial charge in [-0.2, -0.15) is 0 Å². The number of alkyl halides is 2. The smallest absolute Gasteiger partial charge is 0.410 e. The van der Waals surface area contributed by atoms with Crippen LogP contribution in [0.15, 0.2) is 36.4 Å². The van der Waals surface area contributed by atoms with E-state index in [-0.39, 0.29) is 43.8 Å². The molecular formula is C31H40F2N4O5. The molecule has 0 bridgehead atoms. The number of nitrogens with zero attached hydrogens (tertiary/aromatic N) is 2. The van der Waals surface area contributed by atoms with Gasteiger partial charge in [-0.3, -0.25) is 9.59 Å². The normalized spacial score (nSPS) is 21.3. The van der Waals surface area contributed by atoms with Gasteiger partial charge in [0.1, 0.15) is 17.0 Å². The van der Waals surface area contributed by atoms with Gasteiger partial charge >= 0.3 is 6.09 Å². The number of aromatic nitrogens is 1. The molecule has 2 aromatic rings. The number of carbonyl (C=O) groups excluding carboxylic acids is 3. The number of amides is 3. The van der Waals surface area contributed by atoms with Crippen molar-refractivity contribution in [3.63, 3.8) is 0 Å². The summed E-state index contributed by atoms with van der Waals surface area (Å²) in [5.41, 5.74) is 1.15. The topological polar surface area (TPSA) is 110 Å². The molecule has 1 aliphatic carbocycles. The molecule has 228 valence electrons. The van der Waals surface area contributed by atoms with Gasteiger partial charge in [0.15, 0.2) is 0 Å². The van der Waals surface area contributed by atoms with Crippen molar-refractivity contribution in [1.29, 1.82) is 0 Å². The van der Waals surface area contributed by atoms with Crippen LogP contribution in [0.25, 0.3) is 0 Å². The highest BCUT2D eigenvalue weighted by Crippen LogP contribution is 2.36. The zero-order chi connectivity index (χ0) is 30.7. The summed E-state index contributed by atoms with van der Waals surface area (Å²) in [6.07, 6.45) is 0.305. The first-order valence-corrected chi connectivity index (χ1v) is 14.4. The maximum Gasteiger partial charge on any atom is 0.410 e. The Labute approximate surface area is 245 Å². The first-order valence-electron chi connectivity index (χ1n) is 14.4. The van der Waals surface area contributed by atoms with Crippen molar-refractivity contribution in [2.75, 3.05) is 26.7 Å². The van der Waals surface area contributed by atoms with Crippen LogP contribution >= 0.6 is 0 Å². The fourth-order valence-corrected chi connectivity index (χ4v) is 4.88. The maximum atomic E-state index is 14.7. The quantitative estimate of drug-likeness (QED) is 0.436. The lowest BCUT2D eigenvalue weighted by atomic mass is 9.91. The van der Waals surface area contributed by atoms with Crippen molar-refractivity contribution in [1.82, 2.24) is 20.5 Å². The number of pyridine rings is 1. The van der Waals surface area contributed by atoms with Crippen LogP contribution in [0.4, 0.5) is 13.6 Å². The third-order valence-electron chi connectivity index (χ3n) is 7.45. The highest BCUT2D eigenvalue weighted by molar-refractivity contribution is 5.98. The number of nitrogens with one attached hydrogen (secondary N) is 2. The monoisotopic (exact) mass is 586 g/mol. The Hall–Kier alpha value is -3.76. The largest absolute Gasteiger partial charge is 0.494 e. The summed E-state index contributed by atoms with van der Waals surface area (Å²) in [7, 11) is 1.50. The summed E-state index contributed by atoms with van der Waals surface area (Å²) in [6.45, 7) is 7.16. The predicted molar refractivity (Wildman–Crippen MR) is 153 cm³/mol. The number of ether oxygens (including phenoxy) is 2. The zero-order valence-corrected chi connectivity index (χ0v) is 24.8. The van der Waals surface area contributed by atoms with E-state index in [2.05, 4.69) is 22.5 Å². The zero-order valence-electron chi connectivity index (χ0n) is 24.8. The number of likely N-dealkylation sites (tertiary alicyclic amines) is 1. The fourth-order valence-electron chi connectivity index (χ4n) is 4.88. The lowest BCUT2D eigenvalue weighted by Crippen LogP contribution is -2.50. The molecule has 11 heteroatoms. The van der Waals surface area contributed by atoms with Crippen LogP contribution in [0, 0.1) is 11.8 Å². The first kappa shape index (κ1) is 31.2. The number of hydrogen-bond donors (Lipinski definition) is 2. The summed E-state index contributed by atoms with van der Waals surface area (Å²) < 4.78 is 40.6. The van der Waals surface area contributed by atoms with E-state index < -0.39 is 35.9 Å². The minimum Gasteiger partial charge on any atom is -0.494 e. The Balaban J connectivity index is 1.39. The van der Waals surface area contributed by atoms with Crippen LogP contribution in [-0.4, -0.2) is 72.1 Å². The molecule has 0 radical (unpaired) electrons. The molecule has 1 aromatic carbocycles. The van der Waals surface area contributed by atoms with Crippen LogP contribution in [0.3, 0.4) is 0 Å². The van der Waals surface area contributed by atoms with Crippen molar-refractivity contribution in [3.05, 3.63) is 58.9 Å². The summed E-state index contributed by atoms with van der Waals surface area (Å²) in [5, 5.41) is 5.53. The van der Waals surface area contributed by atoms with E-state index in [9.17, 15) is 23.2 Å². The molecule has 1 unspecified atom stereocenters. The van der Waals surface area contributed by atoms with Crippen LogP contribution in [0.1, 0.15) is 79.1 Å². The number of piperidine rings is 1. The molecule has 3 atom stereocenters. The molecule has 1 aliphatic heterocycles. The molecule has 9 nitrogen and oxygen atoms in total. The molecule has 0 spiro atoms. The minimum absolute atomic E-state index is 0.0418. The van der Waals surface area contributed by atoms with Crippen molar-refractivity contribution in [2.45, 2.75) is 70.9 Å². The summed E-state index contributed by atoms with van der Waals surface area (Å²) >= 11 is 0. The number of rotatable bonds is 9. The molecule has 3 amide bonds. The molecule has 2 aliphatic rings. The second-order valence-electron chi connectivity index (χ2n) is 12.2. The second kappa shape index (κ2) is 12.6. The van der Waals surface area contributed by atoms with Crippen LogP contribution in [0.2, 0.25) is 0 Å². The predicted octanol–water partition coefficient (Wildman–Crippen LogP) is 4.83. The van der Waals surface area contributed by atoms with E-state index in [4.69, 9.17) is 9.47 Å².